The molecule has 198 valence electrons. The number of benzene rings is 1. The molecule has 9 heteroatoms. The summed E-state index contributed by atoms with van der Waals surface area (Å²) in [6, 6.07) is 10.2. The SMILES string of the molecule is O=S(=O)(CC1CCCCC1)N1CCCC[C@H]1c1noc(COC2CCN(Cc3ccccc3)CC2)n1. The van der Waals surface area contributed by atoms with Gasteiger partial charge in [-0.05, 0) is 50.0 Å². The van der Waals surface area contributed by atoms with Crippen LogP contribution >= 0.6 is 0 Å². The standard InChI is InChI=1S/C27H40N4O4S/c32-36(33,21-23-11-5-2-6-12-23)31-16-8-7-13-25(31)27-28-26(35-29-27)20-34-24-14-17-30(18-15-24)19-22-9-3-1-4-10-22/h1,3-4,9-10,23-25H,2,5-8,11-21H2/t25-/m0/s1. The maximum Gasteiger partial charge on any atom is 0.252 e. The lowest BCUT2D eigenvalue weighted by molar-refractivity contribution is -0.0136. The van der Waals surface area contributed by atoms with Crippen molar-refractivity contribution < 1.29 is 17.7 Å². The molecule has 0 N–H and O–H groups in total. The van der Waals surface area contributed by atoms with E-state index in [1.54, 1.807) is 4.31 Å². The van der Waals surface area contributed by atoms with E-state index in [1.807, 2.05) is 0 Å². The Morgan fingerprint density at radius 3 is 2.44 bits per heavy atom. The first-order chi connectivity index (χ1) is 17.6. The highest BCUT2D eigenvalue weighted by Gasteiger charge is 2.37. The summed E-state index contributed by atoms with van der Waals surface area (Å²) < 4.78 is 39.9. The van der Waals surface area contributed by atoms with Gasteiger partial charge in [-0.2, -0.15) is 9.29 Å². The van der Waals surface area contributed by atoms with Crippen molar-refractivity contribution in [3.8, 4) is 0 Å². The first-order valence-electron chi connectivity index (χ1n) is 13.8. The zero-order valence-corrected chi connectivity index (χ0v) is 22.1. The number of hydrogen-bond donors (Lipinski definition) is 0. The zero-order chi connectivity index (χ0) is 24.8. The van der Waals surface area contributed by atoms with Crippen molar-refractivity contribution in [3.63, 3.8) is 0 Å². The highest BCUT2D eigenvalue weighted by Crippen LogP contribution is 2.34. The van der Waals surface area contributed by atoms with Gasteiger partial charge in [-0.3, -0.25) is 4.90 Å². The third kappa shape index (κ3) is 6.73. The van der Waals surface area contributed by atoms with Crippen LogP contribution in [0.25, 0.3) is 0 Å². The minimum absolute atomic E-state index is 0.175. The Labute approximate surface area is 215 Å². The van der Waals surface area contributed by atoms with Crippen molar-refractivity contribution >= 4 is 10.0 Å². The molecule has 3 fully saturated rings. The molecule has 2 aromatic rings. The van der Waals surface area contributed by atoms with E-state index in [0.29, 0.717) is 18.3 Å². The fourth-order valence-electron chi connectivity index (χ4n) is 5.97. The summed E-state index contributed by atoms with van der Waals surface area (Å²) in [4.78, 5) is 7.04. The Morgan fingerprint density at radius 1 is 0.917 bits per heavy atom. The molecule has 0 spiro atoms. The Balaban J connectivity index is 1.12. The molecule has 8 nitrogen and oxygen atoms in total. The predicted octanol–water partition coefficient (Wildman–Crippen LogP) is 4.69. The molecule has 3 aliphatic rings. The maximum atomic E-state index is 13.3. The third-order valence-electron chi connectivity index (χ3n) is 7.99. The molecule has 1 aromatic carbocycles. The van der Waals surface area contributed by atoms with Gasteiger partial charge < -0.3 is 9.26 Å². The van der Waals surface area contributed by atoms with E-state index in [4.69, 9.17) is 9.26 Å². The molecule has 36 heavy (non-hydrogen) atoms. The average Bonchev–Trinajstić information content (AvgIpc) is 3.38. The van der Waals surface area contributed by atoms with E-state index in [1.165, 1.54) is 12.0 Å². The van der Waals surface area contributed by atoms with Gasteiger partial charge in [0.05, 0.1) is 17.9 Å². The minimum atomic E-state index is -3.35. The van der Waals surface area contributed by atoms with Crippen LogP contribution in [0.4, 0.5) is 0 Å². The van der Waals surface area contributed by atoms with E-state index in [9.17, 15) is 8.42 Å². The fourth-order valence-corrected chi connectivity index (χ4v) is 8.09. The second-order valence-corrected chi connectivity index (χ2v) is 12.7. The molecule has 1 saturated carbocycles. The molecule has 3 heterocycles. The topological polar surface area (TPSA) is 88.8 Å². The van der Waals surface area contributed by atoms with Crippen molar-refractivity contribution in [2.75, 3.05) is 25.4 Å². The second-order valence-electron chi connectivity index (χ2n) is 10.7. The van der Waals surface area contributed by atoms with E-state index < -0.39 is 10.0 Å². The lowest BCUT2D eigenvalue weighted by Gasteiger charge is -2.34. The van der Waals surface area contributed by atoms with Gasteiger partial charge in [0, 0.05) is 26.2 Å². The first-order valence-corrected chi connectivity index (χ1v) is 15.4. The van der Waals surface area contributed by atoms with Gasteiger partial charge in [0.15, 0.2) is 5.82 Å². The van der Waals surface area contributed by atoms with E-state index >= 15 is 0 Å². The van der Waals surface area contributed by atoms with Gasteiger partial charge in [-0.1, -0.05) is 61.2 Å². The minimum Gasteiger partial charge on any atom is -0.368 e. The number of likely N-dealkylation sites (tertiary alicyclic amines) is 1. The molecule has 1 aromatic heterocycles. The number of nitrogens with zero attached hydrogens (tertiary/aromatic N) is 4. The van der Waals surface area contributed by atoms with Gasteiger partial charge in [-0.25, -0.2) is 8.42 Å². The van der Waals surface area contributed by atoms with Gasteiger partial charge in [0.25, 0.3) is 5.89 Å². The molecular formula is C27H40N4O4S. The summed E-state index contributed by atoms with van der Waals surface area (Å²) in [6.07, 6.45) is 10.3. The number of hydrogen-bond acceptors (Lipinski definition) is 7. The molecular weight excluding hydrogens is 476 g/mol. The van der Waals surface area contributed by atoms with Crippen LogP contribution in [-0.4, -0.2) is 59.3 Å². The van der Waals surface area contributed by atoms with Crippen molar-refractivity contribution in [2.45, 2.75) is 89.5 Å². The fraction of sp³-hybridized carbons (Fsp3) is 0.704. The largest absolute Gasteiger partial charge is 0.368 e. The van der Waals surface area contributed by atoms with Crippen LogP contribution in [-0.2, 0) is 27.9 Å². The Morgan fingerprint density at radius 2 is 1.67 bits per heavy atom. The van der Waals surface area contributed by atoms with Gasteiger partial charge in [0.1, 0.15) is 6.61 Å². The number of rotatable bonds is 9. The summed E-state index contributed by atoms with van der Waals surface area (Å²) >= 11 is 0. The van der Waals surface area contributed by atoms with Crippen molar-refractivity contribution in [1.82, 2.24) is 19.3 Å². The van der Waals surface area contributed by atoms with Gasteiger partial charge in [-0.15, -0.1) is 0 Å². The van der Waals surface area contributed by atoms with Crippen LogP contribution in [0.1, 0.15) is 87.5 Å². The number of aromatic nitrogens is 2. The second kappa shape index (κ2) is 12.2. The molecule has 0 bridgehead atoms. The lowest BCUT2D eigenvalue weighted by Crippen LogP contribution is -2.41. The van der Waals surface area contributed by atoms with Crippen LogP contribution in [0.15, 0.2) is 34.9 Å². The molecule has 0 unspecified atom stereocenters. The van der Waals surface area contributed by atoms with Crippen molar-refractivity contribution in [1.29, 1.82) is 0 Å². The third-order valence-corrected chi connectivity index (χ3v) is 10.0. The van der Waals surface area contributed by atoms with E-state index in [-0.39, 0.29) is 30.4 Å². The van der Waals surface area contributed by atoms with Crippen molar-refractivity contribution in [3.05, 3.63) is 47.6 Å². The molecule has 1 atom stereocenters. The van der Waals surface area contributed by atoms with Gasteiger partial charge >= 0.3 is 0 Å². The van der Waals surface area contributed by atoms with Crippen molar-refractivity contribution in [2.24, 2.45) is 5.92 Å². The average molecular weight is 517 g/mol. The van der Waals surface area contributed by atoms with Crippen LogP contribution in [0.2, 0.25) is 0 Å². The van der Waals surface area contributed by atoms with Crippen LogP contribution in [0, 0.1) is 5.92 Å². The summed E-state index contributed by atoms with van der Waals surface area (Å²) in [6.45, 7) is 3.80. The predicted molar refractivity (Wildman–Crippen MR) is 137 cm³/mol. The van der Waals surface area contributed by atoms with Crippen LogP contribution < -0.4 is 0 Å². The Bertz CT molecular complexity index is 1050. The molecule has 0 radical (unpaired) electrons. The monoisotopic (exact) mass is 516 g/mol. The number of sulfonamides is 1. The summed E-state index contributed by atoms with van der Waals surface area (Å²) in [5.74, 6) is 1.45. The highest BCUT2D eigenvalue weighted by atomic mass is 32.2. The number of piperidine rings is 2. The highest BCUT2D eigenvalue weighted by molar-refractivity contribution is 7.89. The van der Waals surface area contributed by atoms with Crippen LogP contribution in [0.5, 0.6) is 0 Å². The molecule has 2 saturated heterocycles. The first kappa shape index (κ1) is 25.8. The Kier molecular flexibility index (Phi) is 8.72. The molecule has 0 amide bonds. The van der Waals surface area contributed by atoms with E-state index in [0.717, 1.165) is 77.4 Å². The summed E-state index contributed by atoms with van der Waals surface area (Å²) in [5.41, 5.74) is 1.34. The zero-order valence-electron chi connectivity index (χ0n) is 21.3. The Hall–Kier alpha value is -1.81. The lowest BCUT2D eigenvalue weighted by atomic mass is 9.91. The quantitative estimate of drug-likeness (QED) is 0.478. The number of ether oxygens (including phenoxy) is 1. The maximum absolute atomic E-state index is 13.3. The molecule has 1 aliphatic carbocycles. The smallest absolute Gasteiger partial charge is 0.252 e. The van der Waals surface area contributed by atoms with E-state index in [2.05, 4.69) is 45.4 Å². The summed E-state index contributed by atoms with van der Waals surface area (Å²) in [5, 5.41) is 4.19. The molecule has 5 rings (SSSR count). The molecule has 2 aliphatic heterocycles. The normalized spacial score (nSPS) is 23.7. The van der Waals surface area contributed by atoms with Gasteiger partial charge in [0.2, 0.25) is 10.0 Å². The summed E-state index contributed by atoms with van der Waals surface area (Å²) in [7, 11) is -3.35. The van der Waals surface area contributed by atoms with Crippen LogP contribution in [0.3, 0.4) is 0 Å².